The molecule has 0 bridgehead atoms. The molecule has 2 aliphatic rings. The van der Waals surface area contributed by atoms with Gasteiger partial charge in [-0.1, -0.05) is 6.07 Å². The summed E-state index contributed by atoms with van der Waals surface area (Å²) in [4.78, 5) is 23.4. The van der Waals surface area contributed by atoms with Gasteiger partial charge in [-0.2, -0.15) is 0 Å². The van der Waals surface area contributed by atoms with Gasteiger partial charge in [0.05, 0.1) is 38.7 Å². The number of benzene rings is 1. The Bertz CT molecular complexity index is 648. The van der Waals surface area contributed by atoms with Crippen LogP contribution in [-0.2, 0) is 23.8 Å². The van der Waals surface area contributed by atoms with E-state index in [1.807, 2.05) is 18.2 Å². The van der Waals surface area contributed by atoms with Crippen molar-refractivity contribution < 1.29 is 28.5 Å². The summed E-state index contributed by atoms with van der Waals surface area (Å²) in [6, 6.07) is 5.50. The van der Waals surface area contributed by atoms with Crippen LogP contribution in [0.4, 0.5) is 0 Å². The number of rotatable bonds is 2. The number of carbonyl (C=O) groups excluding carboxylic acids is 2. The number of hydrogen-bond acceptors (Lipinski definition) is 6. The highest BCUT2D eigenvalue weighted by Crippen LogP contribution is 2.38. The van der Waals surface area contributed by atoms with E-state index in [-0.39, 0.29) is 24.9 Å². The van der Waals surface area contributed by atoms with E-state index in [0.717, 1.165) is 11.1 Å². The van der Waals surface area contributed by atoms with Crippen LogP contribution in [0.25, 0.3) is 6.08 Å². The average molecular weight is 304 g/mol. The molecular formula is C16H16O6. The van der Waals surface area contributed by atoms with Crippen LogP contribution < -0.4 is 4.74 Å². The Morgan fingerprint density at radius 1 is 1.32 bits per heavy atom. The fourth-order valence-corrected chi connectivity index (χ4v) is 2.74. The molecule has 1 aromatic rings. The Labute approximate surface area is 127 Å². The van der Waals surface area contributed by atoms with Crippen molar-refractivity contribution >= 4 is 18.0 Å². The van der Waals surface area contributed by atoms with Gasteiger partial charge in [-0.25, -0.2) is 4.79 Å². The van der Waals surface area contributed by atoms with Crippen LogP contribution in [0.1, 0.15) is 23.5 Å². The molecule has 22 heavy (non-hydrogen) atoms. The summed E-state index contributed by atoms with van der Waals surface area (Å²) in [6.07, 6.45) is 1.28. The second kappa shape index (κ2) is 5.81. The van der Waals surface area contributed by atoms with Crippen LogP contribution in [-0.4, -0.2) is 39.1 Å². The summed E-state index contributed by atoms with van der Waals surface area (Å²) in [6.45, 7) is 0.0256. The molecule has 2 aliphatic heterocycles. The Kier molecular flexibility index (Phi) is 3.85. The normalized spacial score (nSPS) is 25.7. The van der Waals surface area contributed by atoms with Crippen molar-refractivity contribution in [1.82, 2.24) is 0 Å². The van der Waals surface area contributed by atoms with Gasteiger partial charge in [0.15, 0.2) is 0 Å². The second-order valence-corrected chi connectivity index (χ2v) is 5.14. The van der Waals surface area contributed by atoms with E-state index in [9.17, 15) is 9.59 Å². The van der Waals surface area contributed by atoms with Crippen molar-refractivity contribution in [2.45, 2.75) is 18.6 Å². The lowest BCUT2D eigenvalue weighted by molar-refractivity contribution is -0.163. The lowest BCUT2D eigenvalue weighted by Gasteiger charge is -2.23. The summed E-state index contributed by atoms with van der Waals surface area (Å²) < 4.78 is 20.8. The Morgan fingerprint density at radius 3 is 2.86 bits per heavy atom. The van der Waals surface area contributed by atoms with Gasteiger partial charge in [0.1, 0.15) is 5.75 Å². The molecule has 2 unspecified atom stereocenters. The van der Waals surface area contributed by atoms with Gasteiger partial charge in [-0.05, 0) is 29.3 Å². The molecule has 0 aliphatic carbocycles. The molecule has 1 fully saturated rings. The number of methoxy groups -OCH3 is 2. The van der Waals surface area contributed by atoms with Crippen molar-refractivity contribution in [1.29, 1.82) is 0 Å². The minimum Gasteiger partial charge on any atom is -0.497 e. The zero-order chi connectivity index (χ0) is 15.7. The molecule has 2 heterocycles. The van der Waals surface area contributed by atoms with Crippen LogP contribution in [0.15, 0.2) is 23.8 Å². The zero-order valence-electron chi connectivity index (χ0n) is 12.3. The van der Waals surface area contributed by atoms with Gasteiger partial charge in [-0.15, -0.1) is 0 Å². The van der Waals surface area contributed by atoms with Crippen LogP contribution in [0.3, 0.4) is 0 Å². The molecule has 0 saturated carbocycles. The highest BCUT2D eigenvalue weighted by molar-refractivity contribution is 5.94. The monoisotopic (exact) mass is 304 g/mol. The minimum atomic E-state index is -0.687. The van der Waals surface area contributed by atoms with Gasteiger partial charge >= 0.3 is 11.9 Å². The average Bonchev–Trinajstić information content (AvgIpc) is 2.88. The summed E-state index contributed by atoms with van der Waals surface area (Å²) in [7, 11) is 2.89. The second-order valence-electron chi connectivity index (χ2n) is 5.14. The maximum atomic E-state index is 11.8. The molecule has 2 atom stereocenters. The topological polar surface area (TPSA) is 71.1 Å². The zero-order valence-corrected chi connectivity index (χ0v) is 12.3. The Balaban J connectivity index is 2.10. The molecule has 0 N–H and O–H groups in total. The fourth-order valence-electron chi connectivity index (χ4n) is 2.74. The van der Waals surface area contributed by atoms with Gasteiger partial charge < -0.3 is 18.9 Å². The summed E-state index contributed by atoms with van der Waals surface area (Å²) in [5.41, 5.74) is 2.05. The molecular weight excluding hydrogens is 288 g/mol. The van der Waals surface area contributed by atoms with E-state index in [0.29, 0.717) is 11.3 Å². The van der Waals surface area contributed by atoms with Crippen molar-refractivity contribution in [3.05, 3.63) is 34.9 Å². The summed E-state index contributed by atoms with van der Waals surface area (Å²) in [5, 5.41) is 0. The maximum Gasteiger partial charge on any atom is 0.336 e. The molecule has 6 nitrogen and oxygen atoms in total. The third-order valence-electron chi connectivity index (χ3n) is 3.84. The molecule has 0 aromatic heterocycles. The van der Waals surface area contributed by atoms with Crippen LogP contribution in [0.5, 0.6) is 5.75 Å². The first kappa shape index (κ1) is 14.6. The fraction of sp³-hybridized carbons (Fsp3) is 0.375. The van der Waals surface area contributed by atoms with Crippen LogP contribution >= 0.6 is 0 Å². The molecule has 6 heteroatoms. The first-order valence-corrected chi connectivity index (χ1v) is 6.90. The third kappa shape index (κ3) is 2.57. The molecule has 0 radical (unpaired) electrons. The highest BCUT2D eigenvalue weighted by Gasteiger charge is 2.39. The van der Waals surface area contributed by atoms with Crippen LogP contribution in [0, 0.1) is 0 Å². The van der Waals surface area contributed by atoms with Crippen molar-refractivity contribution in [3.8, 4) is 5.75 Å². The lowest BCUT2D eigenvalue weighted by atomic mass is 9.90. The van der Waals surface area contributed by atoms with Gasteiger partial charge in [0.2, 0.25) is 6.29 Å². The minimum absolute atomic E-state index is 0.0256. The Morgan fingerprint density at radius 2 is 2.14 bits per heavy atom. The molecule has 0 amide bonds. The molecule has 1 saturated heterocycles. The Hall–Kier alpha value is -2.34. The number of fused-ring (bicyclic) bond motifs is 3. The van der Waals surface area contributed by atoms with E-state index in [1.165, 1.54) is 7.11 Å². The number of esters is 2. The summed E-state index contributed by atoms with van der Waals surface area (Å²) in [5.74, 6) is -0.304. The van der Waals surface area contributed by atoms with Crippen molar-refractivity contribution in [3.63, 3.8) is 0 Å². The van der Waals surface area contributed by atoms with E-state index in [4.69, 9.17) is 18.9 Å². The van der Waals surface area contributed by atoms with Gasteiger partial charge in [-0.3, -0.25) is 4.79 Å². The predicted molar refractivity (Wildman–Crippen MR) is 76.2 cm³/mol. The number of carbonyl (C=O) groups is 2. The standard InChI is InChI=1S/C16H16O6/c1-19-11-3-4-12-9(6-11)5-10(15(18)20-2)8-21-16-13(12)7-14(17)22-16/h3-6,13,16H,7-8H2,1-2H3/b10-5+. The lowest BCUT2D eigenvalue weighted by Crippen LogP contribution is -2.24. The van der Waals surface area contributed by atoms with Crippen molar-refractivity contribution in [2.24, 2.45) is 0 Å². The summed E-state index contributed by atoms with van der Waals surface area (Å²) >= 11 is 0. The van der Waals surface area contributed by atoms with Crippen molar-refractivity contribution in [2.75, 3.05) is 20.8 Å². The number of hydrogen-bond donors (Lipinski definition) is 0. The molecule has 1 aromatic carbocycles. The SMILES string of the molecule is COC(=O)/C1=C/c2cc(OC)ccc2C2CC(=O)OC2OC1. The maximum absolute atomic E-state index is 11.8. The van der Waals surface area contributed by atoms with Gasteiger partial charge in [0.25, 0.3) is 0 Å². The van der Waals surface area contributed by atoms with E-state index in [2.05, 4.69) is 0 Å². The van der Waals surface area contributed by atoms with Gasteiger partial charge in [0, 0.05) is 0 Å². The first-order valence-electron chi connectivity index (χ1n) is 6.90. The first-order chi connectivity index (χ1) is 10.6. The third-order valence-corrected chi connectivity index (χ3v) is 3.84. The predicted octanol–water partition coefficient (Wildman–Crippen LogP) is 1.64. The number of ether oxygens (including phenoxy) is 4. The quantitative estimate of drug-likeness (QED) is 0.774. The highest BCUT2D eigenvalue weighted by atomic mass is 16.7. The van der Waals surface area contributed by atoms with Crippen LogP contribution in [0.2, 0.25) is 0 Å². The molecule has 0 spiro atoms. The molecule has 116 valence electrons. The molecule has 3 rings (SSSR count). The van der Waals surface area contributed by atoms with E-state index in [1.54, 1.807) is 13.2 Å². The van der Waals surface area contributed by atoms with E-state index >= 15 is 0 Å². The largest absolute Gasteiger partial charge is 0.497 e. The van der Waals surface area contributed by atoms with E-state index < -0.39 is 12.3 Å². The smallest absolute Gasteiger partial charge is 0.336 e.